The molecule has 0 bridgehead atoms. The van der Waals surface area contributed by atoms with E-state index in [1.165, 1.54) is 18.3 Å². The maximum absolute atomic E-state index is 14.8. The molecule has 162 valence electrons. The summed E-state index contributed by atoms with van der Waals surface area (Å²) >= 11 is 0. The average molecular weight is 426 g/mol. The van der Waals surface area contributed by atoms with Crippen LogP contribution in [0.2, 0.25) is 0 Å². The van der Waals surface area contributed by atoms with Gasteiger partial charge >= 0.3 is 0 Å². The number of alkyl halides is 1. The Morgan fingerprint density at radius 2 is 2.19 bits per heavy atom. The maximum atomic E-state index is 14.8. The van der Waals surface area contributed by atoms with E-state index in [1.807, 2.05) is 13.0 Å². The van der Waals surface area contributed by atoms with Crippen LogP contribution in [0.5, 0.6) is 0 Å². The molecule has 4 rings (SSSR count). The van der Waals surface area contributed by atoms with E-state index in [0.717, 1.165) is 0 Å². The minimum absolute atomic E-state index is 0.0697. The highest BCUT2D eigenvalue weighted by molar-refractivity contribution is 6.08. The minimum atomic E-state index is -1.20. The normalized spacial score (nSPS) is 25.5. The van der Waals surface area contributed by atoms with Gasteiger partial charge in [-0.3, -0.25) is 9.69 Å². The Morgan fingerprint density at radius 1 is 1.39 bits per heavy atom. The second kappa shape index (κ2) is 8.12. The summed E-state index contributed by atoms with van der Waals surface area (Å²) in [6, 6.07) is 7.68. The van der Waals surface area contributed by atoms with E-state index in [2.05, 4.69) is 20.9 Å². The molecule has 3 heterocycles. The first-order valence-corrected chi connectivity index (χ1v) is 10.3. The summed E-state index contributed by atoms with van der Waals surface area (Å²) in [7, 11) is 0. The van der Waals surface area contributed by atoms with Gasteiger partial charge in [0.25, 0.3) is 0 Å². The van der Waals surface area contributed by atoms with Crippen LogP contribution < -0.4 is 16.0 Å². The molecule has 1 aromatic carbocycles. The number of fused-ring (bicyclic) bond motifs is 1. The monoisotopic (exact) mass is 426 g/mol. The fraction of sp³-hybridized carbons (Fsp3) is 0.409. The largest absolute Gasteiger partial charge is 0.384 e. The molecular weight excluding hydrogens is 402 g/mol. The first-order chi connectivity index (χ1) is 14.8. The summed E-state index contributed by atoms with van der Waals surface area (Å²) in [5, 5.41) is 18.1. The summed E-state index contributed by atoms with van der Waals surface area (Å²) in [5.74, 6) is -0.760. The van der Waals surface area contributed by atoms with Crippen molar-refractivity contribution >= 4 is 23.0 Å². The number of hydrogen-bond acceptors (Lipinski definition) is 6. The molecule has 7 nitrogen and oxygen atoms in total. The lowest BCUT2D eigenvalue weighted by Gasteiger charge is -2.43. The van der Waals surface area contributed by atoms with Crippen molar-refractivity contribution in [3.63, 3.8) is 0 Å². The molecule has 2 aliphatic heterocycles. The van der Waals surface area contributed by atoms with Crippen LogP contribution in [0.25, 0.3) is 0 Å². The molecule has 9 heteroatoms. The highest BCUT2D eigenvalue weighted by Gasteiger charge is 2.50. The van der Waals surface area contributed by atoms with E-state index in [1.54, 1.807) is 24.0 Å². The third-order valence-electron chi connectivity index (χ3n) is 5.96. The van der Waals surface area contributed by atoms with Crippen LogP contribution in [0, 0.1) is 17.1 Å². The van der Waals surface area contributed by atoms with Crippen LogP contribution in [-0.2, 0) is 10.3 Å². The second-order valence-corrected chi connectivity index (χ2v) is 8.06. The Kier molecular flexibility index (Phi) is 5.50. The summed E-state index contributed by atoms with van der Waals surface area (Å²) in [5.41, 5.74) is 1.32. The van der Waals surface area contributed by atoms with E-state index >= 15 is 0 Å². The van der Waals surface area contributed by atoms with Gasteiger partial charge in [-0.15, -0.1) is 0 Å². The minimum Gasteiger partial charge on any atom is -0.384 e. The number of rotatable bonds is 5. The van der Waals surface area contributed by atoms with Gasteiger partial charge < -0.3 is 16.0 Å². The summed E-state index contributed by atoms with van der Waals surface area (Å²) in [4.78, 5) is 18.9. The van der Waals surface area contributed by atoms with Crippen molar-refractivity contribution in [3.05, 3.63) is 47.5 Å². The van der Waals surface area contributed by atoms with Crippen molar-refractivity contribution in [3.8, 4) is 6.07 Å². The quantitative estimate of drug-likeness (QED) is 0.680. The van der Waals surface area contributed by atoms with Crippen LogP contribution in [-0.4, -0.2) is 47.6 Å². The van der Waals surface area contributed by atoms with Crippen molar-refractivity contribution in [2.75, 3.05) is 35.6 Å². The van der Waals surface area contributed by atoms with Crippen LogP contribution >= 0.6 is 0 Å². The van der Waals surface area contributed by atoms with Crippen molar-refractivity contribution in [2.24, 2.45) is 0 Å². The van der Waals surface area contributed by atoms with Gasteiger partial charge in [-0.1, -0.05) is 0 Å². The smallest absolute Gasteiger partial charge is 0.249 e. The number of likely N-dealkylation sites (tertiary alicyclic amines) is 1. The molecule has 0 radical (unpaired) electrons. The lowest BCUT2D eigenvalue weighted by atomic mass is 9.87. The number of hydrogen-bond donors (Lipinski definition) is 3. The zero-order chi connectivity index (χ0) is 22.2. The Morgan fingerprint density at radius 3 is 2.87 bits per heavy atom. The van der Waals surface area contributed by atoms with E-state index in [0.29, 0.717) is 41.4 Å². The molecule has 1 fully saturated rings. The van der Waals surface area contributed by atoms with Crippen LogP contribution in [0.1, 0.15) is 31.5 Å². The molecule has 3 N–H and O–H groups in total. The second-order valence-electron chi connectivity index (χ2n) is 8.06. The summed E-state index contributed by atoms with van der Waals surface area (Å²) < 4.78 is 29.1. The molecule has 3 atom stereocenters. The third kappa shape index (κ3) is 3.79. The Labute approximate surface area is 179 Å². The Bertz CT molecular complexity index is 1040. The van der Waals surface area contributed by atoms with Gasteiger partial charge in [-0.05, 0) is 38.1 Å². The lowest BCUT2D eigenvalue weighted by molar-refractivity contribution is -0.128. The van der Waals surface area contributed by atoms with Crippen molar-refractivity contribution in [1.82, 2.24) is 9.88 Å². The number of nitrogens with zero attached hydrogens (tertiary/aromatic N) is 3. The van der Waals surface area contributed by atoms with E-state index < -0.39 is 17.5 Å². The molecule has 31 heavy (non-hydrogen) atoms. The highest BCUT2D eigenvalue weighted by atomic mass is 19.1. The average Bonchev–Trinajstić information content (AvgIpc) is 3.00. The lowest BCUT2D eigenvalue weighted by Crippen LogP contribution is -2.57. The fourth-order valence-electron chi connectivity index (χ4n) is 4.42. The van der Waals surface area contributed by atoms with E-state index in [9.17, 15) is 13.6 Å². The fourth-order valence-corrected chi connectivity index (χ4v) is 4.42. The highest BCUT2D eigenvalue weighted by Crippen LogP contribution is 2.45. The zero-order valence-corrected chi connectivity index (χ0v) is 17.4. The topological polar surface area (TPSA) is 93.1 Å². The van der Waals surface area contributed by atoms with Gasteiger partial charge in [-0.2, -0.15) is 5.26 Å². The number of carbonyl (C=O) groups excluding carboxylic acids is 1. The van der Waals surface area contributed by atoms with E-state index in [-0.39, 0.29) is 24.9 Å². The van der Waals surface area contributed by atoms with Gasteiger partial charge in [0.05, 0.1) is 23.3 Å². The SMILES string of the molecule is CCNc1cc(F)cc2c1NC(=O)C2(C)N1C[C@@H](F)C[C@H](Nc2ccc(C#N)nc2)C1. The van der Waals surface area contributed by atoms with Crippen LogP contribution in [0.4, 0.5) is 25.8 Å². The number of nitrogens with one attached hydrogen (secondary N) is 3. The van der Waals surface area contributed by atoms with Gasteiger partial charge in [0.2, 0.25) is 5.91 Å². The van der Waals surface area contributed by atoms with E-state index in [4.69, 9.17) is 5.26 Å². The molecule has 0 aliphatic carbocycles. The Hall–Kier alpha value is -3.25. The van der Waals surface area contributed by atoms with Crippen LogP contribution in [0.3, 0.4) is 0 Å². The van der Waals surface area contributed by atoms with Crippen LogP contribution in [0.15, 0.2) is 30.5 Å². The molecule has 2 aromatic rings. The molecule has 1 aromatic heterocycles. The third-order valence-corrected chi connectivity index (χ3v) is 5.96. The number of halogens is 2. The standard InChI is InChI=1S/C22H24F2N6O/c1-3-26-19-8-13(23)7-18-20(19)29-21(31)22(18,2)30-11-14(24)6-17(12-30)28-16-5-4-15(9-25)27-10-16/h4-5,7-8,10,14,17,26,28H,3,6,11-12H2,1-2H3,(H,29,31)/t14-,17-,22?/m0/s1. The molecule has 1 unspecified atom stereocenters. The predicted octanol–water partition coefficient (Wildman–Crippen LogP) is 3.22. The van der Waals surface area contributed by atoms with Gasteiger partial charge in [-0.25, -0.2) is 13.8 Å². The summed E-state index contributed by atoms with van der Waals surface area (Å²) in [6.45, 7) is 4.63. The van der Waals surface area contributed by atoms with Gasteiger partial charge in [0, 0.05) is 37.7 Å². The van der Waals surface area contributed by atoms with Gasteiger partial charge in [0.1, 0.15) is 29.3 Å². The first-order valence-electron chi connectivity index (χ1n) is 10.3. The van der Waals surface area contributed by atoms with Crippen molar-refractivity contribution < 1.29 is 13.6 Å². The Balaban J connectivity index is 1.62. The molecule has 0 saturated carbocycles. The zero-order valence-electron chi connectivity index (χ0n) is 17.4. The number of anilines is 3. The first kappa shape index (κ1) is 21.0. The van der Waals surface area contributed by atoms with Gasteiger partial charge in [0.15, 0.2) is 0 Å². The summed E-state index contributed by atoms with van der Waals surface area (Å²) in [6.07, 6.45) is 0.641. The number of piperidine rings is 1. The number of benzene rings is 1. The number of amides is 1. The molecule has 2 aliphatic rings. The molecule has 1 amide bonds. The van der Waals surface area contributed by atoms with Crippen molar-refractivity contribution in [1.29, 1.82) is 5.26 Å². The van der Waals surface area contributed by atoms with Crippen molar-refractivity contribution in [2.45, 2.75) is 38.0 Å². The number of nitriles is 1. The number of carbonyl (C=O) groups is 1. The molecule has 1 saturated heterocycles. The number of aromatic nitrogens is 1. The molecule has 0 spiro atoms. The number of pyridine rings is 1. The predicted molar refractivity (Wildman–Crippen MR) is 114 cm³/mol. The molecular formula is C22H24F2N6O. The maximum Gasteiger partial charge on any atom is 0.249 e.